The van der Waals surface area contributed by atoms with Crippen molar-refractivity contribution < 1.29 is 4.79 Å². The highest BCUT2D eigenvalue weighted by Gasteiger charge is 2.07. The molecule has 0 radical (unpaired) electrons. The van der Waals surface area contributed by atoms with E-state index in [2.05, 4.69) is 50.0 Å². The molecule has 2 amide bonds. The molecule has 2 rings (SSSR count). The molecule has 146 valence electrons. The maximum atomic E-state index is 11.7. The maximum absolute atomic E-state index is 11.7. The van der Waals surface area contributed by atoms with Gasteiger partial charge in [0.15, 0.2) is 5.96 Å². The summed E-state index contributed by atoms with van der Waals surface area (Å²) in [6, 6.07) is 9.83. The first-order chi connectivity index (χ1) is 13.0. The number of carbonyl (C=O) groups excluding carboxylic acids is 1. The normalized spacial score (nSPS) is 12.6. The van der Waals surface area contributed by atoms with E-state index in [9.17, 15) is 4.79 Å². The summed E-state index contributed by atoms with van der Waals surface area (Å²) in [7, 11) is 1.77. The molecule has 0 saturated heterocycles. The summed E-state index contributed by atoms with van der Waals surface area (Å²) in [5.74, 6) is 1.20. The lowest BCUT2D eigenvalue weighted by Crippen LogP contribution is -2.38. The molecule has 0 fully saturated rings. The number of hydrogen-bond acceptors (Lipinski definition) is 3. The van der Waals surface area contributed by atoms with Gasteiger partial charge in [-0.1, -0.05) is 19.1 Å². The van der Waals surface area contributed by atoms with Crippen LogP contribution in [-0.2, 0) is 6.54 Å². The van der Waals surface area contributed by atoms with E-state index in [4.69, 9.17) is 0 Å². The van der Waals surface area contributed by atoms with E-state index in [-0.39, 0.29) is 12.1 Å². The van der Waals surface area contributed by atoms with Crippen molar-refractivity contribution in [1.29, 1.82) is 0 Å². The van der Waals surface area contributed by atoms with Crippen LogP contribution in [0.2, 0.25) is 0 Å². The molecule has 6 nitrogen and oxygen atoms in total. The highest BCUT2D eigenvalue weighted by atomic mass is 32.1. The summed E-state index contributed by atoms with van der Waals surface area (Å²) in [5, 5.41) is 16.6. The highest BCUT2D eigenvalue weighted by molar-refractivity contribution is 7.07. The van der Waals surface area contributed by atoms with Crippen molar-refractivity contribution in [3.8, 4) is 0 Å². The van der Waals surface area contributed by atoms with Gasteiger partial charge < -0.3 is 21.3 Å². The van der Waals surface area contributed by atoms with Gasteiger partial charge in [-0.05, 0) is 59.9 Å². The quantitative estimate of drug-likeness (QED) is 0.432. The molecule has 27 heavy (non-hydrogen) atoms. The summed E-state index contributed by atoms with van der Waals surface area (Å²) in [6.07, 6.45) is 0. The van der Waals surface area contributed by atoms with E-state index in [0.717, 1.165) is 23.8 Å². The Morgan fingerprint density at radius 3 is 2.44 bits per heavy atom. The molecule has 0 aliphatic rings. The molecule has 0 aliphatic carbocycles. The van der Waals surface area contributed by atoms with E-state index < -0.39 is 0 Å². The molecular weight excluding hydrogens is 358 g/mol. The number of thiophene rings is 1. The first kappa shape index (κ1) is 20.8. The first-order valence-corrected chi connectivity index (χ1v) is 10.0. The zero-order valence-corrected chi connectivity index (χ0v) is 17.2. The van der Waals surface area contributed by atoms with Gasteiger partial charge in [0.05, 0.1) is 0 Å². The van der Waals surface area contributed by atoms with Crippen LogP contribution in [0, 0.1) is 0 Å². The molecule has 1 aromatic carbocycles. The summed E-state index contributed by atoms with van der Waals surface area (Å²) >= 11 is 1.72. The van der Waals surface area contributed by atoms with Crippen LogP contribution in [-0.4, -0.2) is 31.6 Å². The van der Waals surface area contributed by atoms with Crippen LogP contribution in [0.15, 0.2) is 46.1 Å². The van der Waals surface area contributed by atoms with Crippen molar-refractivity contribution in [1.82, 2.24) is 16.0 Å². The van der Waals surface area contributed by atoms with Crippen LogP contribution in [0.25, 0.3) is 0 Å². The number of urea groups is 1. The van der Waals surface area contributed by atoms with Crippen LogP contribution < -0.4 is 21.3 Å². The predicted molar refractivity (Wildman–Crippen MR) is 115 cm³/mol. The molecule has 1 unspecified atom stereocenters. The Kier molecular flexibility index (Phi) is 8.13. The fourth-order valence-corrected chi connectivity index (χ4v) is 3.25. The maximum Gasteiger partial charge on any atom is 0.319 e. The molecule has 1 atom stereocenters. The second-order valence-electron chi connectivity index (χ2n) is 6.71. The van der Waals surface area contributed by atoms with Crippen molar-refractivity contribution in [2.24, 2.45) is 4.99 Å². The zero-order valence-electron chi connectivity index (χ0n) is 16.4. The Balaban J connectivity index is 1.78. The SMILES string of the molecule is CN=C(NCc1ccc(NC(=O)NC(C)C)cc1)NCC(C)c1ccsc1. The van der Waals surface area contributed by atoms with Crippen molar-refractivity contribution in [2.75, 3.05) is 18.9 Å². The Hall–Kier alpha value is -2.54. The van der Waals surface area contributed by atoms with Gasteiger partial charge in [-0.3, -0.25) is 4.99 Å². The molecule has 0 aliphatic heterocycles. The minimum atomic E-state index is -0.194. The monoisotopic (exact) mass is 387 g/mol. The third kappa shape index (κ3) is 7.30. The third-order valence-electron chi connectivity index (χ3n) is 4.00. The molecule has 4 N–H and O–H groups in total. The van der Waals surface area contributed by atoms with Crippen molar-refractivity contribution in [3.63, 3.8) is 0 Å². The summed E-state index contributed by atoms with van der Waals surface area (Å²) < 4.78 is 0. The topological polar surface area (TPSA) is 77.5 Å². The zero-order chi connectivity index (χ0) is 19.6. The second-order valence-corrected chi connectivity index (χ2v) is 7.49. The van der Waals surface area contributed by atoms with E-state index in [1.807, 2.05) is 38.1 Å². The van der Waals surface area contributed by atoms with Crippen molar-refractivity contribution in [2.45, 2.75) is 39.3 Å². The Bertz CT molecular complexity index is 725. The fraction of sp³-hybridized carbons (Fsp3) is 0.400. The highest BCUT2D eigenvalue weighted by Crippen LogP contribution is 2.17. The lowest BCUT2D eigenvalue weighted by Gasteiger charge is -2.15. The molecule has 1 aromatic heterocycles. The minimum absolute atomic E-state index is 0.107. The number of benzene rings is 1. The van der Waals surface area contributed by atoms with Gasteiger partial charge in [-0.25, -0.2) is 4.79 Å². The van der Waals surface area contributed by atoms with E-state index in [0.29, 0.717) is 12.5 Å². The Morgan fingerprint density at radius 2 is 1.85 bits per heavy atom. The smallest absolute Gasteiger partial charge is 0.319 e. The third-order valence-corrected chi connectivity index (χ3v) is 4.70. The number of amides is 2. The van der Waals surface area contributed by atoms with Crippen molar-refractivity contribution >= 4 is 29.0 Å². The average Bonchev–Trinajstić information content (AvgIpc) is 3.17. The Morgan fingerprint density at radius 1 is 1.11 bits per heavy atom. The summed E-state index contributed by atoms with van der Waals surface area (Å²) in [6.45, 7) is 7.53. The number of carbonyl (C=O) groups is 1. The average molecular weight is 388 g/mol. The number of hydrogen-bond donors (Lipinski definition) is 4. The Labute approximate surface area is 165 Å². The van der Waals surface area contributed by atoms with Gasteiger partial charge in [-0.2, -0.15) is 11.3 Å². The van der Waals surface area contributed by atoms with Crippen LogP contribution >= 0.6 is 11.3 Å². The van der Waals surface area contributed by atoms with Crippen molar-refractivity contribution in [3.05, 3.63) is 52.2 Å². The van der Waals surface area contributed by atoms with Crippen LogP contribution in [0.4, 0.5) is 10.5 Å². The van der Waals surface area contributed by atoms with E-state index >= 15 is 0 Å². The largest absolute Gasteiger partial charge is 0.356 e. The molecule has 1 heterocycles. The minimum Gasteiger partial charge on any atom is -0.356 e. The number of aliphatic imine (C=N–C) groups is 1. The number of nitrogens with zero attached hydrogens (tertiary/aromatic N) is 1. The van der Waals surface area contributed by atoms with Crippen LogP contribution in [0.5, 0.6) is 0 Å². The second kappa shape index (κ2) is 10.6. The predicted octanol–water partition coefficient (Wildman–Crippen LogP) is 3.75. The van der Waals surface area contributed by atoms with Gasteiger partial charge in [0, 0.05) is 31.9 Å². The van der Waals surface area contributed by atoms with Gasteiger partial charge in [0.1, 0.15) is 0 Å². The number of guanidine groups is 1. The summed E-state index contributed by atoms with van der Waals surface area (Å²) in [5.41, 5.74) is 3.22. The molecule has 0 spiro atoms. The molecular formula is C20H29N5OS. The van der Waals surface area contributed by atoms with Gasteiger partial charge in [0.25, 0.3) is 0 Å². The van der Waals surface area contributed by atoms with Crippen LogP contribution in [0.1, 0.15) is 37.8 Å². The van der Waals surface area contributed by atoms with Gasteiger partial charge in [-0.15, -0.1) is 0 Å². The van der Waals surface area contributed by atoms with Gasteiger partial charge in [0.2, 0.25) is 0 Å². The molecule has 7 heteroatoms. The van der Waals surface area contributed by atoms with Gasteiger partial charge >= 0.3 is 6.03 Å². The molecule has 2 aromatic rings. The van der Waals surface area contributed by atoms with E-state index in [1.165, 1.54) is 5.56 Å². The number of rotatable bonds is 7. The van der Waals surface area contributed by atoms with Crippen LogP contribution in [0.3, 0.4) is 0 Å². The first-order valence-electron chi connectivity index (χ1n) is 9.11. The standard InChI is InChI=1S/C20H29N5OS/c1-14(2)24-20(26)25-18-7-5-16(6-8-18)12-23-19(21-4)22-11-15(3)17-9-10-27-13-17/h5-10,13-15H,11-12H2,1-4H3,(H2,21,22,23)(H2,24,25,26). The lowest BCUT2D eigenvalue weighted by molar-refractivity contribution is 0.250. The number of anilines is 1. The fourth-order valence-electron chi connectivity index (χ4n) is 2.46. The molecule has 0 saturated carbocycles. The lowest BCUT2D eigenvalue weighted by atomic mass is 10.1. The summed E-state index contributed by atoms with van der Waals surface area (Å²) in [4.78, 5) is 16.0. The number of nitrogens with one attached hydrogen (secondary N) is 4. The molecule has 0 bridgehead atoms. The van der Waals surface area contributed by atoms with E-state index in [1.54, 1.807) is 18.4 Å².